The van der Waals surface area contributed by atoms with Gasteiger partial charge in [-0.3, -0.25) is 4.68 Å². The summed E-state index contributed by atoms with van der Waals surface area (Å²) in [5.74, 6) is 0. The molecule has 1 N–H and O–H groups in total. The van der Waals surface area contributed by atoms with Crippen LogP contribution in [0.1, 0.15) is 5.56 Å². The summed E-state index contributed by atoms with van der Waals surface area (Å²) in [5.41, 5.74) is 2.35. The zero-order valence-electron chi connectivity index (χ0n) is 11.2. The van der Waals surface area contributed by atoms with E-state index >= 15 is 0 Å². The van der Waals surface area contributed by atoms with Crippen molar-refractivity contribution < 1.29 is 0 Å². The molecule has 2 aromatic heterocycles. The Hall–Kier alpha value is -2.40. The summed E-state index contributed by atoms with van der Waals surface area (Å²) in [4.78, 5) is 0. The van der Waals surface area contributed by atoms with Crippen LogP contribution in [0.3, 0.4) is 0 Å². The first-order valence-corrected chi connectivity index (χ1v) is 6.69. The maximum atomic E-state index is 4.29. The molecule has 0 bridgehead atoms. The fraction of sp³-hybridized carbons (Fsp3) is 0.200. The Bertz CT molecular complexity index is 628. The number of benzene rings is 1. The van der Waals surface area contributed by atoms with Gasteiger partial charge in [0.2, 0.25) is 0 Å². The molecule has 0 saturated heterocycles. The van der Waals surface area contributed by atoms with Gasteiger partial charge in [-0.2, -0.15) is 10.2 Å². The molecule has 0 fully saturated rings. The summed E-state index contributed by atoms with van der Waals surface area (Å²) < 4.78 is 3.82. The summed E-state index contributed by atoms with van der Waals surface area (Å²) >= 11 is 0. The van der Waals surface area contributed by atoms with Gasteiger partial charge in [0.05, 0.1) is 12.2 Å². The molecule has 3 aromatic rings. The molecule has 0 atom stereocenters. The third-order valence-electron chi connectivity index (χ3n) is 3.14. The first-order valence-electron chi connectivity index (χ1n) is 6.69. The molecule has 0 amide bonds. The van der Waals surface area contributed by atoms with Gasteiger partial charge in [-0.15, -0.1) is 0 Å². The van der Waals surface area contributed by atoms with Crippen molar-refractivity contribution >= 4 is 0 Å². The molecule has 20 heavy (non-hydrogen) atoms. The van der Waals surface area contributed by atoms with Gasteiger partial charge in [0.25, 0.3) is 0 Å². The van der Waals surface area contributed by atoms with Gasteiger partial charge < -0.3 is 5.32 Å². The number of hydrogen-bond acceptors (Lipinski definition) is 3. The Morgan fingerprint density at radius 2 is 1.80 bits per heavy atom. The lowest BCUT2D eigenvalue weighted by atomic mass is 10.2. The highest BCUT2D eigenvalue weighted by Crippen LogP contribution is 2.12. The van der Waals surface area contributed by atoms with E-state index in [1.807, 2.05) is 40.0 Å². The lowest BCUT2D eigenvalue weighted by molar-refractivity contribution is 0.554. The number of para-hydroxylation sites is 1. The van der Waals surface area contributed by atoms with Crippen molar-refractivity contribution in [1.29, 1.82) is 0 Å². The minimum absolute atomic E-state index is 0.817. The van der Waals surface area contributed by atoms with E-state index in [2.05, 4.69) is 33.7 Å². The van der Waals surface area contributed by atoms with Gasteiger partial charge in [-0.05, 0) is 23.8 Å². The second-order valence-corrected chi connectivity index (χ2v) is 4.53. The van der Waals surface area contributed by atoms with E-state index in [1.54, 1.807) is 12.4 Å². The van der Waals surface area contributed by atoms with E-state index in [0.29, 0.717) is 0 Å². The molecule has 1 aromatic carbocycles. The van der Waals surface area contributed by atoms with E-state index in [9.17, 15) is 0 Å². The number of nitrogens with zero attached hydrogens (tertiary/aromatic N) is 4. The Labute approximate surface area is 117 Å². The van der Waals surface area contributed by atoms with E-state index < -0.39 is 0 Å². The molecule has 3 rings (SSSR count). The number of nitrogens with one attached hydrogen (secondary N) is 1. The summed E-state index contributed by atoms with van der Waals surface area (Å²) in [7, 11) is 0. The first-order chi connectivity index (χ1) is 9.93. The average Bonchev–Trinajstić information content (AvgIpc) is 3.17. The highest BCUT2D eigenvalue weighted by molar-refractivity contribution is 5.40. The third-order valence-corrected chi connectivity index (χ3v) is 3.14. The normalized spacial score (nSPS) is 10.8. The second kappa shape index (κ2) is 6.16. The molecule has 0 radical (unpaired) electrons. The van der Waals surface area contributed by atoms with Crippen LogP contribution in [0.15, 0.2) is 61.2 Å². The van der Waals surface area contributed by atoms with E-state index in [0.717, 1.165) is 25.3 Å². The highest BCUT2D eigenvalue weighted by atomic mass is 15.3. The number of hydrogen-bond donors (Lipinski definition) is 1. The quantitative estimate of drug-likeness (QED) is 0.693. The van der Waals surface area contributed by atoms with Crippen molar-refractivity contribution in [3.05, 3.63) is 66.7 Å². The van der Waals surface area contributed by atoms with Crippen LogP contribution in [0, 0.1) is 0 Å². The maximum Gasteiger partial charge on any atom is 0.0690 e. The van der Waals surface area contributed by atoms with Gasteiger partial charge in [0, 0.05) is 37.9 Å². The van der Waals surface area contributed by atoms with Crippen molar-refractivity contribution in [1.82, 2.24) is 24.9 Å². The zero-order valence-corrected chi connectivity index (χ0v) is 11.2. The fourth-order valence-corrected chi connectivity index (χ4v) is 2.14. The first kappa shape index (κ1) is 12.6. The van der Waals surface area contributed by atoms with E-state index in [1.165, 1.54) is 5.56 Å². The number of rotatable bonds is 6. The third kappa shape index (κ3) is 2.95. The topological polar surface area (TPSA) is 47.7 Å². The Balaban J connectivity index is 1.60. The molecule has 102 valence electrons. The molecule has 0 spiro atoms. The second-order valence-electron chi connectivity index (χ2n) is 4.53. The van der Waals surface area contributed by atoms with Crippen LogP contribution in [0.5, 0.6) is 0 Å². The Kier molecular flexibility index (Phi) is 3.89. The SMILES string of the molecule is c1ccc(-n2cccn2)c(CNCCn2cccn2)c1. The molecule has 5 nitrogen and oxygen atoms in total. The van der Waals surface area contributed by atoms with Gasteiger partial charge in [-0.25, -0.2) is 4.68 Å². The average molecular weight is 267 g/mol. The van der Waals surface area contributed by atoms with Crippen LogP contribution in [-0.4, -0.2) is 26.1 Å². The van der Waals surface area contributed by atoms with E-state index in [-0.39, 0.29) is 0 Å². The van der Waals surface area contributed by atoms with Crippen LogP contribution >= 0.6 is 0 Å². The van der Waals surface area contributed by atoms with Gasteiger partial charge in [0.15, 0.2) is 0 Å². The molecule has 0 aliphatic carbocycles. The molecular formula is C15H17N5. The Morgan fingerprint density at radius 3 is 2.60 bits per heavy atom. The fourth-order valence-electron chi connectivity index (χ4n) is 2.14. The Morgan fingerprint density at radius 1 is 0.950 bits per heavy atom. The highest BCUT2D eigenvalue weighted by Gasteiger charge is 2.03. The monoisotopic (exact) mass is 267 g/mol. The van der Waals surface area contributed by atoms with Crippen molar-refractivity contribution in [3.8, 4) is 5.69 Å². The van der Waals surface area contributed by atoms with Crippen LogP contribution < -0.4 is 5.32 Å². The molecule has 0 unspecified atom stereocenters. The standard InChI is InChI=1S/C15H17N5/c1-2-6-15(20-11-4-8-18-20)14(5-1)13-16-9-12-19-10-3-7-17-19/h1-8,10-11,16H,9,12-13H2. The van der Waals surface area contributed by atoms with E-state index in [4.69, 9.17) is 0 Å². The zero-order chi connectivity index (χ0) is 13.6. The molecule has 2 heterocycles. The summed E-state index contributed by atoms with van der Waals surface area (Å²) in [6.07, 6.45) is 7.52. The van der Waals surface area contributed by atoms with Crippen LogP contribution in [-0.2, 0) is 13.1 Å². The van der Waals surface area contributed by atoms with Gasteiger partial charge in [-0.1, -0.05) is 18.2 Å². The summed E-state index contributed by atoms with van der Waals surface area (Å²) in [6, 6.07) is 12.2. The lowest BCUT2D eigenvalue weighted by Crippen LogP contribution is -2.20. The van der Waals surface area contributed by atoms with Crippen LogP contribution in [0.2, 0.25) is 0 Å². The largest absolute Gasteiger partial charge is 0.311 e. The van der Waals surface area contributed by atoms with Crippen molar-refractivity contribution in [2.45, 2.75) is 13.1 Å². The molecule has 0 aliphatic rings. The molecular weight excluding hydrogens is 250 g/mol. The predicted molar refractivity (Wildman–Crippen MR) is 77.5 cm³/mol. The predicted octanol–water partition coefficient (Wildman–Crippen LogP) is 1.86. The minimum atomic E-state index is 0.817. The van der Waals surface area contributed by atoms with Crippen molar-refractivity contribution in [3.63, 3.8) is 0 Å². The molecule has 0 aliphatic heterocycles. The van der Waals surface area contributed by atoms with Gasteiger partial charge in [0.1, 0.15) is 0 Å². The van der Waals surface area contributed by atoms with Crippen molar-refractivity contribution in [2.24, 2.45) is 0 Å². The van der Waals surface area contributed by atoms with Crippen molar-refractivity contribution in [2.75, 3.05) is 6.54 Å². The summed E-state index contributed by atoms with van der Waals surface area (Å²) in [6.45, 7) is 2.57. The van der Waals surface area contributed by atoms with Crippen LogP contribution in [0.25, 0.3) is 5.69 Å². The maximum absolute atomic E-state index is 4.29. The minimum Gasteiger partial charge on any atom is -0.311 e. The lowest BCUT2D eigenvalue weighted by Gasteiger charge is -2.10. The van der Waals surface area contributed by atoms with Gasteiger partial charge >= 0.3 is 0 Å². The smallest absolute Gasteiger partial charge is 0.0690 e. The molecule has 5 heteroatoms. The number of aromatic nitrogens is 4. The summed E-state index contributed by atoms with van der Waals surface area (Å²) in [5, 5.41) is 11.9. The molecule has 0 saturated carbocycles. The van der Waals surface area contributed by atoms with Crippen LogP contribution in [0.4, 0.5) is 0 Å².